The monoisotopic (exact) mass is 212 g/mol. The summed E-state index contributed by atoms with van der Waals surface area (Å²) in [6.07, 6.45) is 5.32. The Balaban J connectivity index is 2.26. The molecule has 0 aliphatic carbocycles. The SMILES string of the molecule is CCC(C)CC(C)N1CCC(NC)CC1. The lowest BCUT2D eigenvalue weighted by Crippen LogP contribution is -2.45. The number of nitrogens with zero attached hydrogens (tertiary/aromatic N) is 1. The molecule has 2 unspecified atom stereocenters. The first-order chi connectivity index (χ1) is 7.17. The summed E-state index contributed by atoms with van der Waals surface area (Å²) < 4.78 is 0. The molecule has 0 amide bonds. The minimum atomic E-state index is 0.761. The van der Waals surface area contributed by atoms with Crippen molar-refractivity contribution >= 4 is 0 Å². The Morgan fingerprint density at radius 2 is 1.87 bits per heavy atom. The smallest absolute Gasteiger partial charge is 0.00884 e. The fourth-order valence-corrected chi connectivity index (χ4v) is 2.53. The number of piperidine rings is 1. The Kier molecular flexibility index (Phi) is 5.62. The zero-order valence-corrected chi connectivity index (χ0v) is 10.9. The Morgan fingerprint density at radius 1 is 1.27 bits per heavy atom. The number of rotatable bonds is 5. The van der Waals surface area contributed by atoms with E-state index in [0.29, 0.717) is 0 Å². The first-order valence-electron chi connectivity index (χ1n) is 6.58. The summed E-state index contributed by atoms with van der Waals surface area (Å²) in [6, 6.07) is 1.54. The third kappa shape index (κ3) is 4.12. The summed E-state index contributed by atoms with van der Waals surface area (Å²) in [6.45, 7) is 9.62. The maximum atomic E-state index is 3.39. The summed E-state index contributed by atoms with van der Waals surface area (Å²) in [5.41, 5.74) is 0. The molecule has 90 valence electrons. The van der Waals surface area contributed by atoms with Crippen LogP contribution in [0, 0.1) is 5.92 Å². The van der Waals surface area contributed by atoms with Gasteiger partial charge in [0, 0.05) is 12.1 Å². The number of likely N-dealkylation sites (tertiary alicyclic amines) is 1. The van der Waals surface area contributed by atoms with Crippen LogP contribution in [0.5, 0.6) is 0 Å². The van der Waals surface area contributed by atoms with E-state index in [1.807, 2.05) is 0 Å². The number of hydrogen-bond donors (Lipinski definition) is 1. The van der Waals surface area contributed by atoms with Crippen LogP contribution in [0.3, 0.4) is 0 Å². The van der Waals surface area contributed by atoms with Gasteiger partial charge in [-0.05, 0) is 52.2 Å². The molecule has 0 radical (unpaired) electrons. The molecule has 1 rings (SSSR count). The van der Waals surface area contributed by atoms with Gasteiger partial charge in [0.15, 0.2) is 0 Å². The van der Waals surface area contributed by atoms with Crippen molar-refractivity contribution in [3.8, 4) is 0 Å². The molecule has 0 aromatic carbocycles. The molecule has 1 aliphatic rings. The van der Waals surface area contributed by atoms with E-state index in [4.69, 9.17) is 0 Å². The van der Waals surface area contributed by atoms with Gasteiger partial charge in [0.2, 0.25) is 0 Å². The molecule has 15 heavy (non-hydrogen) atoms. The highest BCUT2D eigenvalue weighted by Gasteiger charge is 2.22. The van der Waals surface area contributed by atoms with Crippen LogP contribution < -0.4 is 5.32 Å². The van der Waals surface area contributed by atoms with E-state index < -0.39 is 0 Å². The van der Waals surface area contributed by atoms with E-state index in [1.54, 1.807) is 0 Å². The Morgan fingerprint density at radius 3 is 2.33 bits per heavy atom. The van der Waals surface area contributed by atoms with Gasteiger partial charge >= 0.3 is 0 Å². The third-order valence-corrected chi connectivity index (χ3v) is 4.00. The van der Waals surface area contributed by atoms with Gasteiger partial charge in [0.1, 0.15) is 0 Å². The van der Waals surface area contributed by atoms with Crippen molar-refractivity contribution in [2.24, 2.45) is 5.92 Å². The lowest BCUT2D eigenvalue weighted by molar-refractivity contribution is 0.137. The maximum Gasteiger partial charge on any atom is 0.00884 e. The molecule has 1 N–H and O–H groups in total. The highest BCUT2D eigenvalue weighted by Crippen LogP contribution is 2.18. The average Bonchev–Trinajstić information content (AvgIpc) is 2.29. The van der Waals surface area contributed by atoms with E-state index in [0.717, 1.165) is 18.0 Å². The van der Waals surface area contributed by atoms with E-state index in [1.165, 1.54) is 38.8 Å². The van der Waals surface area contributed by atoms with Gasteiger partial charge in [-0.2, -0.15) is 0 Å². The molecule has 1 heterocycles. The van der Waals surface area contributed by atoms with Gasteiger partial charge in [-0.3, -0.25) is 0 Å². The van der Waals surface area contributed by atoms with Gasteiger partial charge in [-0.1, -0.05) is 20.3 Å². The summed E-state index contributed by atoms with van der Waals surface area (Å²) >= 11 is 0. The van der Waals surface area contributed by atoms with Gasteiger partial charge in [0.25, 0.3) is 0 Å². The summed E-state index contributed by atoms with van der Waals surface area (Å²) in [4.78, 5) is 2.67. The van der Waals surface area contributed by atoms with Crippen LogP contribution in [0.15, 0.2) is 0 Å². The van der Waals surface area contributed by atoms with Crippen molar-refractivity contribution in [2.45, 2.75) is 58.5 Å². The largest absolute Gasteiger partial charge is 0.317 e. The molecule has 2 nitrogen and oxygen atoms in total. The van der Waals surface area contributed by atoms with Crippen molar-refractivity contribution in [3.05, 3.63) is 0 Å². The second-order valence-electron chi connectivity index (χ2n) is 5.20. The van der Waals surface area contributed by atoms with Crippen LogP contribution in [-0.2, 0) is 0 Å². The van der Waals surface area contributed by atoms with Crippen molar-refractivity contribution in [1.82, 2.24) is 10.2 Å². The van der Waals surface area contributed by atoms with Crippen LogP contribution >= 0.6 is 0 Å². The highest BCUT2D eigenvalue weighted by atomic mass is 15.2. The molecule has 1 fully saturated rings. The van der Waals surface area contributed by atoms with E-state index in [-0.39, 0.29) is 0 Å². The topological polar surface area (TPSA) is 15.3 Å². The first-order valence-corrected chi connectivity index (χ1v) is 6.58. The van der Waals surface area contributed by atoms with Crippen LogP contribution in [-0.4, -0.2) is 37.1 Å². The van der Waals surface area contributed by atoms with E-state index >= 15 is 0 Å². The summed E-state index contributed by atoms with van der Waals surface area (Å²) in [7, 11) is 2.09. The Hall–Kier alpha value is -0.0800. The van der Waals surface area contributed by atoms with E-state index in [9.17, 15) is 0 Å². The van der Waals surface area contributed by atoms with Crippen molar-refractivity contribution in [2.75, 3.05) is 20.1 Å². The Bertz CT molecular complexity index is 162. The zero-order valence-electron chi connectivity index (χ0n) is 10.9. The van der Waals surface area contributed by atoms with Crippen molar-refractivity contribution < 1.29 is 0 Å². The molecule has 0 spiro atoms. The van der Waals surface area contributed by atoms with Crippen LogP contribution in [0.4, 0.5) is 0 Å². The lowest BCUT2D eigenvalue weighted by Gasteiger charge is -2.36. The van der Waals surface area contributed by atoms with Gasteiger partial charge in [-0.25, -0.2) is 0 Å². The highest BCUT2D eigenvalue weighted by molar-refractivity contribution is 4.79. The molecular weight excluding hydrogens is 184 g/mol. The normalized spacial score (nSPS) is 24.0. The van der Waals surface area contributed by atoms with Gasteiger partial charge in [0.05, 0.1) is 0 Å². The second-order valence-corrected chi connectivity index (χ2v) is 5.20. The maximum absolute atomic E-state index is 3.39. The first kappa shape index (κ1) is 13.0. The second kappa shape index (κ2) is 6.49. The molecule has 0 aromatic heterocycles. The van der Waals surface area contributed by atoms with E-state index in [2.05, 4.69) is 38.0 Å². The van der Waals surface area contributed by atoms with Crippen LogP contribution in [0.2, 0.25) is 0 Å². The van der Waals surface area contributed by atoms with Crippen molar-refractivity contribution in [1.29, 1.82) is 0 Å². The molecule has 2 atom stereocenters. The standard InChI is InChI=1S/C13H28N2/c1-5-11(2)10-12(3)15-8-6-13(14-4)7-9-15/h11-14H,5-10H2,1-4H3. The quantitative estimate of drug-likeness (QED) is 0.753. The van der Waals surface area contributed by atoms with Crippen LogP contribution in [0.1, 0.15) is 46.5 Å². The van der Waals surface area contributed by atoms with Gasteiger partial charge < -0.3 is 10.2 Å². The van der Waals surface area contributed by atoms with Crippen molar-refractivity contribution in [3.63, 3.8) is 0 Å². The fourth-order valence-electron chi connectivity index (χ4n) is 2.53. The van der Waals surface area contributed by atoms with Gasteiger partial charge in [-0.15, -0.1) is 0 Å². The average molecular weight is 212 g/mol. The fraction of sp³-hybridized carbons (Fsp3) is 1.00. The summed E-state index contributed by atoms with van der Waals surface area (Å²) in [5, 5.41) is 3.39. The summed E-state index contributed by atoms with van der Waals surface area (Å²) in [5.74, 6) is 0.877. The minimum Gasteiger partial charge on any atom is -0.317 e. The Labute approximate surface area is 95.4 Å². The molecule has 1 saturated heterocycles. The molecule has 2 heteroatoms. The molecule has 0 saturated carbocycles. The number of nitrogens with one attached hydrogen (secondary N) is 1. The zero-order chi connectivity index (χ0) is 11.3. The third-order valence-electron chi connectivity index (χ3n) is 4.00. The molecule has 0 aromatic rings. The molecular formula is C13H28N2. The molecule has 0 bridgehead atoms. The lowest BCUT2D eigenvalue weighted by atomic mass is 9.96. The van der Waals surface area contributed by atoms with Crippen LogP contribution in [0.25, 0.3) is 0 Å². The number of hydrogen-bond acceptors (Lipinski definition) is 2. The minimum absolute atomic E-state index is 0.761. The predicted molar refractivity (Wildman–Crippen MR) is 67.2 cm³/mol. The predicted octanol–water partition coefficient (Wildman–Crippen LogP) is 2.49. The molecule has 1 aliphatic heterocycles.